The molecule has 0 spiro atoms. The molecule has 1 fully saturated rings. The van der Waals surface area contributed by atoms with Crippen molar-refractivity contribution in [3.8, 4) is 0 Å². The molecule has 0 radical (unpaired) electrons. The van der Waals surface area contributed by atoms with E-state index in [-0.39, 0.29) is 24.4 Å². The van der Waals surface area contributed by atoms with Gasteiger partial charge in [0.2, 0.25) is 0 Å². The number of benzene rings is 1. The highest BCUT2D eigenvalue weighted by Gasteiger charge is 2.44. The molecule has 2 atom stereocenters. The highest BCUT2D eigenvalue weighted by Crippen LogP contribution is 2.26. The van der Waals surface area contributed by atoms with Gasteiger partial charge < -0.3 is 19.8 Å². The average molecular weight is 401 g/mol. The second-order valence-corrected chi connectivity index (χ2v) is 9.44. The third-order valence-electron chi connectivity index (χ3n) is 4.25. The summed E-state index contributed by atoms with van der Waals surface area (Å²) in [7, 11) is -4.07. The largest absolute Gasteiger partial charge is 0.444 e. The zero-order valence-electron chi connectivity index (χ0n) is 16.0. The molecule has 0 bridgehead atoms. The normalized spacial score (nSPS) is 23.9. The minimum Gasteiger partial charge on any atom is -0.444 e. The summed E-state index contributed by atoms with van der Waals surface area (Å²) in [6, 6.07) is 6.10. The lowest BCUT2D eigenvalue weighted by molar-refractivity contribution is -0.134. The van der Waals surface area contributed by atoms with Gasteiger partial charge in [0.25, 0.3) is 10.1 Å². The van der Waals surface area contributed by atoms with Crippen molar-refractivity contribution in [1.82, 2.24) is 4.90 Å². The number of aliphatic hydroxyl groups is 2. The summed E-state index contributed by atoms with van der Waals surface area (Å²) in [5, 5.41) is 20.9. The Balaban J connectivity index is 1.99. The van der Waals surface area contributed by atoms with Crippen molar-refractivity contribution in [3.63, 3.8) is 0 Å². The van der Waals surface area contributed by atoms with Crippen LogP contribution < -0.4 is 0 Å². The van der Waals surface area contributed by atoms with E-state index < -0.39 is 40.1 Å². The Hall–Kier alpha value is -1.68. The molecule has 1 amide bonds. The zero-order valence-corrected chi connectivity index (χ0v) is 16.8. The molecule has 2 N–H and O–H groups in total. The molecule has 1 aliphatic heterocycles. The fourth-order valence-corrected chi connectivity index (χ4v) is 3.54. The summed E-state index contributed by atoms with van der Waals surface area (Å²) in [5.74, 6) is 0. The number of ether oxygens (including phenoxy) is 1. The summed E-state index contributed by atoms with van der Waals surface area (Å²) in [4.78, 5) is 13.3. The van der Waals surface area contributed by atoms with E-state index >= 15 is 0 Å². The molecular formula is C18H27NO7S. The van der Waals surface area contributed by atoms with Gasteiger partial charge in [-0.3, -0.25) is 4.18 Å². The highest BCUT2D eigenvalue weighted by atomic mass is 32.2. The van der Waals surface area contributed by atoms with E-state index in [1.54, 1.807) is 32.9 Å². The van der Waals surface area contributed by atoms with E-state index in [1.165, 1.54) is 17.0 Å². The topological polar surface area (TPSA) is 113 Å². The van der Waals surface area contributed by atoms with Crippen LogP contribution in [0.5, 0.6) is 0 Å². The first-order valence-corrected chi connectivity index (χ1v) is 10.1. The molecule has 0 aliphatic carbocycles. The number of carbonyl (C=O) groups is 1. The maximum Gasteiger partial charge on any atom is 0.410 e. The highest BCUT2D eigenvalue weighted by molar-refractivity contribution is 7.86. The van der Waals surface area contributed by atoms with Gasteiger partial charge in [0, 0.05) is 6.54 Å². The number of aryl methyl sites for hydroxylation is 1. The summed E-state index contributed by atoms with van der Waals surface area (Å²) in [6.07, 6.45) is -2.01. The first kappa shape index (κ1) is 21.6. The zero-order chi connectivity index (χ0) is 20.5. The van der Waals surface area contributed by atoms with Gasteiger partial charge in [-0.15, -0.1) is 0 Å². The number of hydrogen-bond donors (Lipinski definition) is 2. The van der Waals surface area contributed by atoms with Gasteiger partial charge in [-0.2, -0.15) is 8.42 Å². The Bertz CT molecular complexity index is 770. The molecule has 27 heavy (non-hydrogen) atoms. The van der Waals surface area contributed by atoms with Gasteiger partial charge in [-0.25, -0.2) is 4.79 Å². The number of piperidine rings is 1. The molecule has 0 aromatic heterocycles. The van der Waals surface area contributed by atoms with E-state index in [0.29, 0.717) is 0 Å². The quantitative estimate of drug-likeness (QED) is 0.734. The minimum absolute atomic E-state index is 0.0302. The van der Waals surface area contributed by atoms with Crippen molar-refractivity contribution in [3.05, 3.63) is 29.8 Å². The van der Waals surface area contributed by atoms with Crippen molar-refractivity contribution in [2.45, 2.75) is 56.3 Å². The van der Waals surface area contributed by atoms with E-state index in [2.05, 4.69) is 0 Å². The maximum atomic E-state index is 12.3. The number of rotatable bonds is 4. The van der Waals surface area contributed by atoms with Crippen molar-refractivity contribution in [2.24, 2.45) is 0 Å². The van der Waals surface area contributed by atoms with Crippen LogP contribution in [-0.4, -0.2) is 66.6 Å². The molecule has 152 valence electrons. The van der Waals surface area contributed by atoms with Crippen molar-refractivity contribution in [1.29, 1.82) is 0 Å². The third-order valence-corrected chi connectivity index (χ3v) is 5.53. The Morgan fingerprint density at radius 2 is 1.89 bits per heavy atom. The molecule has 2 unspecified atom stereocenters. The molecule has 2 rings (SSSR count). The average Bonchev–Trinajstić information content (AvgIpc) is 2.55. The predicted octanol–water partition coefficient (Wildman–Crippen LogP) is 1.43. The lowest BCUT2D eigenvalue weighted by atomic mass is 9.90. The van der Waals surface area contributed by atoms with E-state index in [4.69, 9.17) is 8.92 Å². The third kappa shape index (κ3) is 5.65. The summed E-state index contributed by atoms with van der Waals surface area (Å²) >= 11 is 0. The van der Waals surface area contributed by atoms with Gasteiger partial charge in [-0.05, 0) is 46.2 Å². The number of amides is 1. The van der Waals surface area contributed by atoms with Crippen LogP contribution in [0.4, 0.5) is 4.79 Å². The van der Waals surface area contributed by atoms with Crippen LogP contribution in [0.25, 0.3) is 0 Å². The van der Waals surface area contributed by atoms with Crippen molar-refractivity contribution >= 4 is 16.2 Å². The SMILES string of the molecule is Cc1ccc(S(=O)(=O)OCC2(O)CCN(C(=O)OC(C)(C)C)CC2O)cc1. The number of nitrogens with zero attached hydrogens (tertiary/aromatic N) is 1. The van der Waals surface area contributed by atoms with Crippen LogP contribution in [0, 0.1) is 6.92 Å². The summed E-state index contributed by atoms with van der Waals surface area (Å²) in [5.41, 5.74) is -1.56. The van der Waals surface area contributed by atoms with Gasteiger partial charge in [-0.1, -0.05) is 17.7 Å². The molecule has 1 saturated heterocycles. The second-order valence-electron chi connectivity index (χ2n) is 7.83. The van der Waals surface area contributed by atoms with Crippen LogP contribution in [0.1, 0.15) is 32.8 Å². The smallest absolute Gasteiger partial charge is 0.410 e. The molecule has 1 aromatic carbocycles. The molecule has 0 saturated carbocycles. The van der Waals surface area contributed by atoms with Crippen molar-refractivity contribution in [2.75, 3.05) is 19.7 Å². The Kier molecular flexibility index (Phi) is 6.20. The van der Waals surface area contributed by atoms with Crippen LogP contribution >= 0.6 is 0 Å². The van der Waals surface area contributed by atoms with E-state index in [0.717, 1.165) is 5.56 Å². The van der Waals surface area contributed by atoms with Crippen LogP contribution in [0.2, 0.25) is 0 Å². The van der Waals surface area contributed by atoms with Crippen LogP contribution in [-0.2, 0) is 19.0 Å². The Morgan fingerprint density at radius 3 is 2.41 bits per heavy atom. The Morgan fingerprint density at radius 1 is 1.30 bits per heavy atom. The van der Waals surface area contributed by atoms with Crippen molar-refractivity contribution < 1.29 is 32.3 Å². The van der Waals surface area contributed by atoms with Gasteiger partial charge in [0.15, 0.2) is 0 Å². The number of aliphatic hydroxyl groups excluding tert-OH is 1. The lowest BCUT2D eigenvalue weighted by Gasteiger charge is -2.41. The number of hydrogen-bond acceptors (Lipinski definition) is 7. The minimum atomic E-state index is -4.07. The van der Waals surface area contributed by atoms with Gasteiger partial charge in [0.1, 0.15) is 17.3 Å². The number of carbonyl (C=O) groups excluding carboxylic acids is 1. The Labute approximate surface area is 159 Å². The standard InChI is InChI=1S/C18H27NO7S/c1-13-5-7-14(8-6-13)27(23,24)25-12-18(22)9-10-19(11-15(18)20)16(21)26-17(2,3)4/h5-8,15,20,22H,9-12H2,1-4H3. The molecule has 1 heterocycles. The first-order chi connectivity index (χ1) is 12.3. The fraction of sp³-hybridized carbons (Fsp3) is 0.611. The van der Waals surface area contributed by atoms with E-state index in [1.807, 2.05) is 6.92 Å². The predicted molar refractivity (Wildman–Crippen MR) is 97.7 cm³/mol. The van der Waals surface area contributed by atoms with E-state index in [9.17, 15) is 23.4 Å². The number of β-amino-alcohol motifs (C(OH)–C–C–N with tert-alkyl or cyclic N) is 1. The maximum absolute atomic E-state index is 12.3. The van der Waals surface area contributed by atoms with Crippen LogP contribution in [0.15, 0.2) is 29.2 Å². The molecule has 8 nitrogen and oxygen atoms in total. The summed E-state index contributed by atoms with van der Waals surface area (Å²) in [6.45, 7) is 6.33. The van der Waals surface area contributed by atoms with Gasteiger partial charge in [0.05, 0.1) is 18.0 Å². The lowest BCUT2D eigenvalue weighted by Crippen LogP contribution is -2.59. The molecule has 9 heteroatoms. The molecule has 1 aliphatic rings. The second kappa shape index (κ2) is 7.75. The summed E-state index contributed by atoms with van der Waals surface area (Å²) < 4.78 is 34.7. The molecule has 1 aromatic rings. The van der Waals surface area contributed by atoms with Gasteiger partial charge >= 0.3 is 6.09 Å². The fourth-order valence-electron chi connectivity index (χ4n) is 2.58. The van der Waals surface area contributed by atoms with Crippen LogP contribution in [0.3, 0.4) is 0 Å². The monoisotopic (exact) mass is 401 g/mol. The first-order valence-electron chi connectivity index (χ1n) is 8.67. The molecular weight excluding hydrogens is 374 g/mol. The number of likely N-dealkylation sites (tertiary alicyclic amines) is 1.